The molecule has 1 aromatic heterocycles. The molecule has 0 saturated carbocycles. The van der Waals surface area contributed by atoms with Gasteiger partial charge >= 0.3 is 6.18 Å². The van der Waals surface area contributed by atoms with Crippen LogP contribution in [0.2, 0.25) is 0 Å². The number of rotatable bonds is 3. The first-order valence-electron chi connectivity index (χ1n) is 6.58. The molecular formula is C15H15F3N2O2. The maximum absolute atomic E-state index is 12.5. The largest absolute Gasteiger partial charge is 0.416 e. The summed E-state index contributed by atoms with van der Waals surface area (Å²) in [5.74, 6) is 0. The van der Waals surface area contributed by atoms with E-state index in [0.29, 0.717) is 16.8 Å². The SMILES string of the molecule is Cc1ncn(CC(O)c2ccc(C(F)(F)F)cc2)c(=O)c1C. The van der Waals surface area contributed by atoms with Crippen molar-refractivity contribution in [1.29, 1.82) is 0 Å². The Morgan fingerprint density at radius 1 is 1.23 bits per heavy atom. The van der Waals surface area contributed by atoms with Gasteiger partial charge in [0.15, 0.2) is 0 Å². The molecule has 22 heavy (non-hydrogen) atoms. The fraction of sp³-hybridized carbons (Fsp3) is 0.333. The number of alkyl halides is 3. The van der Waals surface area contributed by atoms with Crippen LogP contribution in [0.5, 0.6) is 0 Å². The van der Waals surface area contributed by atoms with Gasteiger partial charge in [0.05, 0.1) is 24.5 Å². The van der Waals surface area contributed by atoms with Crippen LogP contribution in [-0.4, -0.2) is 14.7 Å². The Morgan fingerprint density at radius 3 is 2.36 bits per heavy atom. The molecule has 0 bridgehead atoms. The van der Waals surface area contributed by atoms with Crippen LogP contribution in [0.1, 0.15) is 28.5 Å². The van der Waals surface area contributed by atoms with Gasteiger partial charge in [0.1, 0.15) is 0 Å². The summed E-state index contributed by atoms with van der Waals surface area (Å²) < 4.78 is 38.7. The van der Waals surface area contributed by atoms with Crippen molar-refractivity contribution in [3.05, 3.63) is 63.3 Å². The van der Waals surface area contributed by atoms with Crippen LogP contribution < -0.4 is 5.56 Å². The van der Waals surface area contributed by atoms with Crippen LogP contribution in [0.3, 0.4) is 0 Å². The van der Waals surface area contributed by atoms with Crippen LogP contribution in [0, 0.1) is 13.8 Å². The van der Waals surface area contributed by atoms with Crippen LogP contribution >= 0.6 is 0 Å². The number of nitrogens with zero attached hydrogens (tertiary/aromatic N) is 2. The third kappa shape index (κ3) is 3.36. The van der Waals surface area contributed by atoms with E-state index in [9.17, 15) is 23.1 Å². The van der Waals surface area contributed by atoms with Crippen molar-refractivity contribution in [1.82, 2.24) is 9.55 Å². The number of aryl methyl sites for hydroxylation is 1. The van der Waals surface area contributed by atoms with Gasteiger partial charge in [0, 0.05) is 11.3 Å². The molecule has 1 atom stereocenters. The zero-order chi connectivity index (χ0) is 16.5. The summed E-state index contributed by atoms with van der Waals surface area (Å²) in [6, 6.07) is 4.21. The lowest BCUT2D eigenvalue weighted by atomic mass is 10.1. The molecule has 2 rings (SSSR count). The Labute approximate surface area is 124 Å². The minimum Gasteiger partial charge on any atom is -0.387 e. The van der Waals surface area contributed by atoms with Crippen molar-refractivity contribution in [2.24, 2.45) is 0 Å². The molecule has 0 radical (unpaired) electrons. The first kappa shape index (κ1) is 16.2. The van der Waals surface area contributed by atoms with Gasteiger partial charge in [-0.3, -0.25) is 9.36 Å². The molecule has 0 fully saturated rings. The lowest BCUT2D eigenvalue weighted by Crippen LogP contribution is -2.26. The normalized spacial score (nSPS) is 13.2. The van der Waals surface area contributed by atoms with Crippen LogP contribution in [0.4, 0.5) is 13.2 Å². The minimum atomic E-state index is -4.42. The minimum absolute atomic E-state index is 0.0711. The molecule has 1 N–H and O–H groups in total. The predicted octanol–water partition coefficient (Wildman–Crippen LogP) is 2.61. The first-order valence-corrected chi connectivity index (χ1v) is 6.58. The Balaban J connectivity index is 2.21. The quantitative estimate of drug-likeness (QED) is 0.948. The molecule has 7 heteroatoms. The summed E-state index contributed by atoms with van der Waals surface area (Å²) in [6.07, 6.45) is -4.19. The fourth-order valence-electron chi connectivity index (χ4n) is 1.99. The van der Waals surface area contributed by atoms with E-state index < -0.39 is 17.8 Å². The average Bonchev–Trinajstić information content (AvgIpc) is 2.47. The number of benzene rings is 1. The number of aromatic nitrogens is 2. The Morgan fingerprint density at radius 2 is 1.82 bits per heavy atom. The highest BCUT2D eigenvalue weighted by Crippen LogP contribution is 2.30. The van der Waals surface area contributed by atoms with Gasteiger partial charge in [0.25, 0.3) is 5.56 Å². The predicted molar refractivity (Wildman–Crippen MR) is 74.4 cm³/mol. The summed E-state index contributed by atoms with van der Waals surface area (Å²) >= 11 is 0. The number of hydrogen-bond acceptors (Lipinski definition) is 3. The van der Waals surface area contributed by atoms with E-state index in [1.165, 1.54) is 23.0 Å². The summed E-state index contributed by atoms with van der Waals surface area (Å²) in [5, 5.41) is 10.1. The van der Waals surface area contributed by atoms with Gasteiger partial charge in [-0.15, -0.1) is 0 Å². The van der Waals surface area contributed by atoms with Gasteiger partial charge in [-0.05, 0) is 31.5 Å². The first-order chi connectivity index (χ1) is 10.2. The van der Waals surface area contributed by atoms with Crippen molar-refractivity contribution < 1.29 is 18.3 Å². The molecule has 1 unspecified atom stereocenters. The molecule has 1 aromatic carbocycles. The second-order valence-corrected chi connectivity index (χ2v) is 5.05. The second kappa shape index (κ2) is 5.92. The van der Waals surface area contributed by atoms with Crippen molar-refractivity contribution in [3.8, 4) is 0 Å². The molecule has 1 heterocycles. The molecule has 4 nitrogen and oxygen atoms in total. The third-order valence-electron chi connectivity index (χ3n) is 3.51. The fourth-order valence-corrected chi connectivity index (χ4v) is 1.99. The Bertz CT molecular complexity index is 721. The zero-order valence-electron chi connectivity index (χ0n) is 12.1. The molecule has 0 amide bonds. The van der Waals surface area contributed by atoms with E-state index in [1.54, 1.807) is 13.8 Å². The van der Waals surface area contributed by atoms with Crippen LogP contribution in [0.15, 0.2) is 35.4 Å². The van der Waals surface area contributed by atoms with Gasteiger partial charge in [-0.1, -0.05) is 12.1 Å². The Kier molecular flexibility index (Phi) is 4.37. The van der Waals surface area contributed by atoms with E-state index in [2.05, 4.69) is 4.98 Å². The molecule has 118 valence electrons. The van der Waals surface area contributed by atoms with Gasteiger partial charge < -0.3 is 5.11 Å². The van der Waals surface area contributed by atoms with Crippen molar-refractivity contribution in [2.45, 2.75) is 32.7 Å². The lowest BCUT2D eigenvalue weighted by molar-refractivity contribution is -0.137. The van der Waals surface area contributed by atoms with E-state index in [4.69, 9.17) is 0 Å². The van der Waals surface area contributed by atoms with Crippen molar-refractivity contribution >= 4 is 0 Å². The van der Waals surface area contributed by atoms with Gasteiger partial charge in [-0.2, -0.15) is 13.2 Å². The monoisotopic (exact) mass is 312 g/mol. The summed E-state index contributed by atoms with van der Waals surface area (Å²) in [5.41, 5.74) is 0.317. The number of halogens is 3. The number of aliphatic hydroxyl groups is 1. The maximum atomic E-state index is 12.5. The standard InChI is InChI=1S/C15H15F3N2O2/c1-9-10(2)19-8-20(14(9)22)7-13(21)11-3-5-12(6-4-11)15(16,17)18/h3-6,8,13,21H,7H2,1-2H3. The molecule has 0 aliphatic rings. The van der Waals surface area contributed by atoms with Crippen LogP contribution in [0.25, 0.3) is 0 Å². The summed E-state index contributed by atoms with van der Waals surface area (Å²) in [7, 11) is 0. The highest BCUT2D eigenvalue weighted by molar-refractivity contribution is 5.26. The van der Waals surface area contributed by atoms with Crippen molar-refractivity contribution in [3.63, 3.8) is 0 Å². The van der Waals surface area contributed by atoms with Gasteiger partial charge in [0.2, 0.25) is 0 Å². The highest BCUT2D eigenvalue weighted by atomic mass is 19.4. The number of aliphatic hydroxyl groups excluding tert-OH is 1. The summed E-state index contributed by atoms with van der Waals surface area (Å²) in [4.78, 5) is 16.0. The molecule has 0 aliphatic carbocycles. The lowest BCUT2D eigenvalue weighted by Gasteiger charge is -2.14. The van der Waals surface area contributed by atoms with E-state index >= 15 is 0 Å². The molecule has 2 aromatic rings. The topological polar surface area (TPSA) is 55.1 Å². The highest BCUT2D eigenvalue weighted by Gasteiger charge is 2.30. The van der Waals surface area contributed by atoms with Crippen molar-refractivity contribution in [2.75, 3.05) is 0 Å². The maximum Gasteiger partial charge on any atom is 0.416 e. The summed E-state index contributed by atoms with van der Waals surface area (Å²) in [6.45, 7) is 3.26. The van der Waals surface area contributed by atoms with E-state index in [1.807, 2.05) is 0 Å². The molecule has 0 saturated heterocycles. The second-order valence-electron chi connectivity index (χ2n) is 5.05. The molecule has 0 aliphatic heterocycles. The van der Waals surface area contributed by atoms with Crippen LogP contribution in [-0.2, 0) is 12.7 Å². The van der Waals surface area contributed by atoms with E-state index in [0.717, 1.165) is 12.1 Å². The smallest absolute Gasteiger partial charge is 0.387 e. The zero-order valence-corrected chi connectivity index (χ0v) is 12.1. The molecular weight excluding hydrogens is 297 g/mol. The molecule has 0 spiro atoms. The van der Waals surface area contributed by atoms with Gasteiger partial charge in [-0.25, -0.2) is 4.98 Å². The average molecular weight is 312 g/mol. The third-order valence-corrected chi connectivity index (χ3v) is 3.51. The van der Waals surface area contributed by atoms with E-state index in [-0.39, 0.29) is 12.1 Å². The number of hydrogen-bond donors (Lipinski definition) is 1. The Hall–Kier alpha value is -2.15.